The van der Waals surface area contributed by atoms with Crippen molar-refractivity contribution < 1.29 is 9.15 Å². The molecule has 0 amide bonds. The van der Waals surface area contributed by atoms with Gasteiger partial charge in [-0.05, 0) is 71.3 Å². The Morgan fingerprint density at radius 3 is 2.68 bits per heavy atom. The molecule has 0 spiro atoms. The quantitative estimate of drug-likeness (QED) is 0.873. The number of rotatable bonds is 5. The van der Waals surface area contributed by atoms with Crippen LogP contribution in [0.4, 0.5) is 0 Å². The SMILES string of the molecule is CCOc1ccc(C(NC)c2ccc(Cl)o2)cc1Br. The van der Waals surface area contributed by atoms with E-state index in [4.69, 9.17) is 20.8 Å². The second kappa shape index (κ2) is 6.46. The molecule has 19 heavy (non-hydrogen) atoms. The van der Waals surface area contributed by atoms with Crippen molar-refractivity contribution in [2.75, 3.05) is 13.7 Å². The molecule has 1 aromatic carbocycles. The summed E-state index contributed by atoms with van der Waals surface area (Å²) in [5, 5.41) is 3.60. The minimum Gasteiger partial charge on any atom is -0.493 e. The Kier molecular flexibility index (Phi) is 4.91. The summed E-state index contributed by atoms with van der Waals surface area (Å²) in [6.07, 6.45) is 0. The summed E-state index contributed by atoms with van der Waals surface area (Å²) >= 11 is 9.34. The molecule has 3 nitrogen and oxygen atoms in total. The third kappa shape index (κ3) is 3.32. The van der Waals surface area contributed by atoms with Crippen LogP contribution in [0, 0.1) is 0 Å². The van der Waals surface area contributed by atoms with Crippen molar-refractivity contribution in [3.8, 4) is 5.75 Å². The van der Waals surface area contributed by atoms with E-state index in [0.717, 1.165) is 21.5 Å². The van der Waals surface area contributed by atoms with E-state index in [2.05, 4.69) is 21.2 Å². The molecule has 1 N–H and O–H groups in total. The summed E-state index contributed by atoms with van der Waals surface area (Å²) in [7, 11) is 1.88. The van der Waals surface area contributed by atoms with Crippen LogP contribution >= 0.6 is 27.5 Å². The average molecular weight is 345 g/mol. The maximum absolute atomic E-state index is 5.82. The van der Waals surface area contributed by atoms with Gasteiger partial charge in [0.15, 0.2) is 5.22 Å². The highest BCUT2D eigenvalue weighted by molar-refractivity contribution is 9.10. The number of hydrogen-bond acceptors (Lipinski definition) is 3. The molecule has 0 bridgehead atoms. The first-order chi connectivity index (χ1) is 9.15. The number of ether oxygens (including phenoxy) is 1. The summed E-state index contributed by atoms with van der Waals surface area (Å²) in [6.45, 7) is 2.60. The average Bonchev–Trinajstić information content (AvgIpc) is 2.80. The zero-order valence-electron chi connectivity index (χ0n) is 10.7. The second-order valence-electron chi connectivity index (χ2n) is 3.99. The molecule has 0 saturated carbocycles. The fraction of sp³-hybridized carbons (Fsp3) is 0.286. The van der Waals surface area contributed by atoms with Gasteiger partial charge in [-0.3, -0.25) is 0 Å². The predicted octanol–water partition coefficient (Wildman–Crippen LogP) is 4.40. The number of nitrogens with one attached hydrogen (secondary N) is 1. The highest BCUT2D eigenvalue weighted by Crippen LogP contribution is 2.31. The molecule has 1 heterocycles. The van der Waals surface area contributed by atoms with E-state index in [9.17, 15) is 0 Å². The topological polar surface area (TPSA) is 34.4 Å². The third-order valence-electron chi connectivity index (χ3n) is 2.76. The first kappa shape index (κ1) is 14.4. The molecule has 0 fully saturated rings. The zero-order valence-corrected chi connectivity index (χ0v) is 13.1. The van der Waals surface area contributed by atoms with E-state index < -0.39 is 0 Å². The Hall–Kier alpha value is -0.970. The van der Waals surface area contributed by atoms with Crippen molar-refractivity contribution in [1.29, 1.82) is 0 Å². The van der Waals surface area contributed by atoms with Gasteiger partial charge in [-0.1, -0.05) is 6.07 Å². The normalized spacial score (nSPS) is 12.4. The lowest BCUT2D eigenvalue weighted by Crippen LogP contribution is -2.17. The van der Waals surface area contributed by atoms with Crippen LogP contribution in [0.2, 0.25) is 5.22 Å². The lowest BCUT2D eigenvalue weighted by Gasteiger charge is -2.15. The van der Waals surface area contributed by atoms with Gasteiger partial charge < -0.3 is 14.5 Å². The molecular weight excluding hydrogens is 330 g/mol. The van der Waals surface area contributed by atoms with Gasteiger partial charge in [-0.15, -0.1) is 0 Å². The molecule has 0 aliphatic rings. The third-order valence-corrected chi connectivity index (χ3v) is 3.58. The van der Waals surface area contributed by atoms with Crippen LogP contribution in [0.1, 0.15) is 24.3 Å². The van der Waals surface area contributed by atoms with Crippen LogP contribution in [-0.2, 0) is 0 Å². The molecule has 0 radical (unpaired) electrons. The van der Waals surface area contributed by atoms with Crippen molar-refractivity contribution in [2.45, 2.75) is 13.0 Å². The smallest absolute Gasteiger partial charge is 0.193 e. The second-order valence-corrected chi connectivity index (χ2v) is 5.21. The van der Waals surface area contributed by atoms with Crippen LogP contribution < -0.4 is 10.1 Å². The molecule has 0 aliphatic heterocycles. The molecular formula is C14H15BrClNO2. The molecule has 0 saturated heterocycles. The number of furan rings is 1. The van der Waals surface area contributed by atoms with Crippen LogP contribution in [0.15, 0.2) is 39.2 Å². The van der Waals surface area contributed by atoms with Gasteiger partial charge in [-0.2, -0.15) is 0 Å². The maximum Gasteiger partial charge on any atom is 0.193 e. The fourth-order valence-electron chi connectivity index (χ4n) is 1.93. The highest BCUT2D eigenvalue weighted by Gasteiger charge is 2.17. The molecule has 0 aliphatic carbocycles. The zero-order chi connectivity index (χ0) is 13.8. The first-order valence-electron chi connectivity index (χ1n) is 6.00. The molecule has 1 atom stereocenters. The molecule has 102 valence electrons. The Bertz CT molecular complexity index is 556. The maximum atomic E-state index is 5.82. The molecule has 2 rings (SSSR count). The van der Waals surface area contributed by atoms with Crippen molar-refractivity contribution in [3.05, 3.63) is 51.3 Å². The van der Waals surface area contributed by atoms with Gasteiger partial charge >= 0.3 is 0 Å². The van der Waals surface area contributed by atoms with Gasteiger partial charge in [0.1, 0.15) is 11.5 Å². The molecule has 5 heteroatoms. The van der Waals surface area contributed by atoms with Crippen LogP contribution in [0.3, 0.4) is 0 Å². The van der Waals surface area contributed by atoms with E-state index in [0.29, 0.717) is 11.8 Å². The Balaban J connectivity index is 2.31. The summed E-state index contributed by atoms with van der Waals surface area (Å²) in [6, 6.07) is 9.53. The van der Waals surface area contributed by atoms with Gasteiger partial charge in [-0.25, -0.2) is 0 Å². The minimum atomic E-state index is -0.0422. The number of hydrogen-bond donors (Lipinski definition) is 1. The van der Waals surface area contributed by atoms with Gasteiger partial charge in [0.25, 0.3) is 0 Å². The van der Waals surface area contributed by atoms with Gasteiger partial charge in [0.05, 0.1) is 17.1 Å². The summed E-state index contributed by atoms with van der Waals surface area (Å²) in [4.78, 5) is 0. The number of benzene rings is 1. The van der Waals surface area contributed by atoms with Gasteiger partial charge in [0, 0.05) is 0 Å². The Morgan fingerprint density at radius 2 is 2.16 bits per heavy atom. The predicted molar refractivity (Wildman–Crippen MR) is 79.9 cm³/mol. The minimum absolute atomic E-state index is 0.0422. The lowest BCUT2D eigenvalue weighted by atomic mass is 10.0. The first-order valence-corrected chi connectivity index (χ1v) is 7.17. The standard InChI is InChI=1S/C14H15BrClNO2/c1-3-18-11-5-4-9(8-10(11)15)14(17-2)12-6-7-13(16)19-12/h4-8,14,17H,3H2,1-2H3. The van der Waals surface area contributed by atoms with Crippen molar-refractivity contribution in [1.82, 2.24) is 5.32 Å². The summed E-state index contributed by atoms with van der Waals surface area (Å²) in [5.74, 6) is 1.61. The van der Waals surface area contributed by atoms with E-state index >= 15 is 0 Å². The lowest BCUT2D eigenvalue weighted by molar-refractivity contribution is 0.338. The monoisotopic (exact) mass is 343 g/mol. The van der Waals surface area contributed by atoms with E-state index in [1.807, 2.05) is 38.2 Å². The largest absolute Gasteiger partial charge is 0.493 e. The van der Waals surface area contributed by atoms with E-state index in [1.165, 1.54) is 0 Å². The number of halogens is 2. The van der Waals surface area contributed by atoms with Crippen LogP contribution in [0.5, 0.6) is 5.75 Å². The van der Waals surface area contributed by atoms with Crippen molar-refractivity contribution in [2.24, 2.45) is 0 Å². The highest BCUT2D eigenvalue weighted by atomic mass is 79.9. The molecule has 1 aromatic heterocycles. The Labute approximate surface area is 126 Å². The van der Waals surface area contributed by atoms with E-state index in [-0.39, 0.29) is 6.04 Å². The van der Waals surface area contributed by atoms with Crippen molar-refractivity contribution >= 4 is 27.5 Å². The van der Waals surface area contributed by atoms with Crippen LogP contribution in [0.25, 0.3) is 0 Å². The van der Waals surface area contributed by atoms with Gasteiger partial charge in [0.2, 0.25) is 0 Å². The Morgan fingerprint density at radius 1 is 1.37 bits per heavy atom. The molecule has 1 unspecified atom stereocenters. The van der Waals surface area contributed by atoms with Crippen molar-refractivity contribution in [3.63, 3.8) is 0 Å². The summed E-state index contributed by atoms with van der Waals surface area (Å²) < 4.78 is 11.9. The fourth-order valence-corrected chi connectivity index (χ4v) is 2.59. The molecule has 2 aromatic rings. The summed E-state index contributed by atoms with van der Waals surface area (Å²) in [5.41, 5.74) is 1.07. The van der Waals surface area contributed by atoms with Crippen LogP contribution in [-0.4, -0.2) is 13.7 Å². The van der Waals surface area contributed by atoms with E-state index in [1.54, 1.807) is 6.07 Å².